The maximum atomic E-state index is 13.5. The molecule has 9 nitrogen and oxygen atoms in total. The molecule has 2 aliphatic rings. The van der Waals surface area contributed by atoms with Crippen molar-refractivity contribution in [3.63, 3.8) is 0 Å². The van der Waals surface area contributed by atoms with Crippen LogP contribution in [0.4, 0.5) is 0 Å². The summed E-state index contributed by atoms with van der Waals surface area (Å²) < 4.78 is 10.6. The molecule has 170 valence electrons. The molecule has 0 aromatic heterocycles. The van der Waals surface area contributed by atoms with Crippen molar-refractivity contribution in [3.8, 4) is 28.7 Å². The lowest BCUT2D eigenvalue weighted by atomic mass is 9.70. The molecule has 9 heteroatoms. The monoisotopic (exact) mass is 460 g/mol. The average molecular weight is 460 g/mol. The molecular weight excluding hydrogens is 444 g/mol. The van der Waals surface area contributed by atoms with Crippen LogP contribution >= 0.6 is 0 Å². The van der Waals surface area contributed by atoms with Gasteiger partial charge in [0.2, 0.25) is 0 Å². The molecular formula is C25H16O9. The molecule has 0 aliphatic carbocycles. The first-order valence-electron chi connectivity index (χ1n) is 10.2. The van der Waals surface area contributed by atoms with Crippen LogP contribution in [0.3, 0.4) is 0 Å². The highest BCUT2D eigenvalue weighted by Crippen LogP contribution is 2.46. The Hall–Kier alpha value is -4.66. The SMILES string of the molecule is O=C1Oc2cc(O)ccc2C(=O)[C@H]1C(c1ccccc1O)[C@H]1C(=O)Oc2cc(O)ccc2C1=O. The summed E-state index contributed by atoms with van der Waals surface area (Å²) in [7, 11) is 0. The number of phenols is 3. The van der Waals surface area contributed by atoms with Crippen LogP contribution in [0, 0.1) is 11.8 Å². The van der Waals surface area contributed by atoms with Crippen molar-refractivity contribution < 1.29 is 44.0 Å². The second kappa shape index (κ2) is 7.73. The molecule has 0 saturated carbocycles. The van der Waals surface area contributed by atoms with Crippen molar-refractivity contribution in [2.24, 2.45) is 11.8 Å². The van der Waals surface area contributed by atoms with Gasteiger partial charge in [0.25, 0.3) is 0 Å². The van der Waals surface area contributed by atoms with Crippen LogP contribution in [-0.2, 0) is 9.59 Å². The number of ketones is 2. The Morgan fingerprint density at radius 2 is 1.12 bits per heavy atom. The second-order valence-electron chi connectivity index (χ2n) is 7.97. The third-order valence-corrected chi connectivity index (χ3v) is 5.97. The number of para-hydroxylation sites is 1. The van der Waals surface area contributed by atoms with Gasteiger partial charge in [0.1, 0.15) is 40.6 Å². The molecule has 0 radical (unpaired) electrons. The minimum Gasteiger partial charge on any atom is -0.508 e. The first-order valence-corrected chi connectivity index (χ1v) is 10.2. The molecule has 3 aromatic carbocycles. The van der Waals surface area contributed by atoms with E-state index < -0.39 is 41.3 Å². The maximum absolute atomic E-state index is 13.5. The summed E-state index contributed by atoms with van der Waals surface area (Å²) in [5.74, 6) is -9.43. The number of phenolic OH excluding ortho intramolecular Hbond substituents is 3. The largest absolute Gasteiger partial charge is 0.508 e. The minimum absolute atomic E-state index is 0.0116. The summed E-state index contributed by atoms with van der Waals surface area (Å²) in [5, 5.41) is 29.9. The minimum atomic E-state index is -1.66. The number of carbonyl (C=O) groups excluding carboxylic acids is 4. The third-order valence-electron chi connectivity index (χ3n) is 5.97. The lowest BCUT2D eigenvalue weighted by Crippen LogP contribution is -2.46. The van der Waals surface area contributed by atoms with E-state index >= 15 is 0 Å². The maximum Gasteiger partial charge on any atom is 0.322 e. The fraction of sp³-hybridized carbons (Fsp3) is 0.120. The van der Waals surface area contributed by atoms with Gasteiger partial charge in [-0.2, -0.15) is 0 Å². The highest BCUT2D eigenvalue weighted by molar-refractivity contribution is 6.18. The number of fused-ring (bicyclic) bond motifs is 2. The molecule has 3 N–H and O–H groups in total. The number of Topliss-reactive ketones (excluding diaryl/α,β-unsaturated/α-hetero) is 2. The first-order chi connectivity index (χ1) is 16.3. The third kappa shape index (κ3) is 3.25. The van der Waals surface area contributed by atoms with Gasteiger partial charge in [-0.3, -0.25) is 19.2 Å². The zero-order valence-corrected chi connectivity index (χ0v) is 17.3. The number of hydrogen-bond donors (Lipinski definition) is 3. The highest BCUT2D eigenvalue weighted by atomic mass is 16.5. The molecule has 0 saturated heterocycles. The Labute approximate surface area is 191 Å². The summed E-state index contributed by atoms with van der Waals surface area (Å²) in [5.41, 5.74) is -0.0351. The van der Waals surface area contributed by atoms with E-state index in [1.54, 1.807) is 0 Å². The van der Waals surface area contributed by atoms with E-state index in [-0.39, 0.29) is 45.4 Å². The van der Waals surface area contributed by atoms with Crippen molar-refractivity contribution in [3.05, 3.63) is 77.4 Å². The van der Waals surface area contributed by atoms with E-state index in [9.17, 15) is 34.5 Å². The fourth-order valence-corrected chi connectivity index (χ4v) is 4.43. The van der Waals surface area contributed by atoms with E-state index in [2.05, 4.69) is 0 Å². The van der Waals surface area contributed by atoms with Crippen molar-refractivity contribution in [1.82, 2.24) is 0 Å². The first kappa shape index (κ1) is 21.2. The lowest BCUT2D eigenvalue weighted by Gasteiger charge is -2.34. The van der Waals surface area contributed by atoms with Crippen molar-refractivity contribution >= 4 is 23.5 Å². The van der Waals surface area contributed by atoms with Crippen LogP contribution in [0.5, 0.6) is 28.7 Å². The van der Waals surface area contributed by atoms with E-state index in [4.69, 9.17) is 9.47 Å². The van der Waals surface area contributed by atoms with Crippen molar-refractivity contribution in [2.45, 2.75) is 5.92 Å². The molecule has 2 heterocycles. The number of benzene rings is 3. The number of aromatic hydroxyl groups is 3. The molecule has 0 fully saturated rings. The van der Waals surface area contributed by atoms with Gasteiger partial charge in [-0.1, -0.05) is 18.2 Å². The van der Waals surface area contributed by atoms with E-state index in [1.807, 2.05) is 0 Å². The van der Waals surface area contributed by atoms with Crippen LogP contribution in [-0.4, -0.2) is 38.8 Å². The molecule has 0 amide bonds. The van der Waals surface area contributed by atoms with Gasteiger partial charge in [-0.25, -0.2) is 0 Å². The van der Waals surface area contributed by atoms with Gasteiger partial charge in [-0.05, 0) is 35.9 Å². The zero-order valence-electron chi connectivity index (χ0n) is 17.3. The van der Waals surface area contributed by atoms with E-state index in [0.29, 0.717) is 0 Å². The Morgan fingerprint density at radius 3 is 1.59 bits per heavy atom. The predicted octanol–water partition coefficient (Wildman–Crippen LogP) is 2.72. The molecule has 0 unspecified atom stereocenters. The lowest BCUT2D eigenvalue weighted by molar-refractivity contribution is -0.142. The fourth-order valence-electron chi connectivity index (χ4n) is 4.43. The summed E-state index contributed by atoms with van der Waals surface area (Å²) in [6.45, 7) is 0. The molecule has 0 bridgehead atoms. The van der Waals surface area contributed by atoms with E-state index in [1.165, 1.54) is 48.5 Å². The van der Waals surface area contributed by atoms with Crippen LogP contribution in [0.25, 0.3) is 0 Å². The van der Waals surface area contributed by atoms with E-state index in [0.717, 1.165) is 12.1 Å². The van der Waals surface area contributed by atoms with Gasteiger partial charge in [0, 0.05) is 18.1 Å². The van der Waals surface area contributed by atoms with Crippen molar-refractivity contribution in [2.75, 3.05) is 0 Å². The van der Waals surface area contributed by atoms with Crippen LogP contribution in [0.15, 0.2) is 60.7 Å². The summed E-state index contributed by atoms with van der Waals surface area (Å²) in [4.78, 5) is 53.0. The number of esters is 2. The molecule has 2 aliphatic heterocycles. The van der Waals surface area contributed by atoms with Gasteiger partial charge in [-0.15, -0.1) is 0 Å². The van der Waals surface area contributed by atoms with Gasteiger partial charge >= 0.3 is 11.9 Å². The summed E-state index contributed by atoms with van der Waals surface area (Å²) >= 11 is 0. The highest BCUT2D eigenvalue weighted by Gasteiger charge is 2.53. The summed E-state index contributed by atoms with van der Waals surface area (Å²) in [6.07, 6.45) is 0. The van der Waals surface area contributed by atoms with Crippen LogP contribution in [0.1, 0.15) is 32.2 Å². The van der Waals surface area contributed by atoms with Crippen LogP contribution in [0.2, 0.25) is 0 Å². The molecule has 34 heavy (non-hydrogen) atoms. The Morgan fingerprint density at radius 1 is 0.647 bits per heavy atom. The Kier molecular flexibility index (Phi) is 4.82. The average Bonchev–Trinajstić information content (AvgIpc) is 2.78. The number of rotatable bonds is 3. The smallest absolute Gasteiger partial charge is 0.322 e. The molecule has 2 atom stereocenters. The molecule has 5 rings (SSSR count). The molecule has 0 spiro atoms. The van der Waals surface area contributed by atoms with Gasteiger partial charge < -0.3 is 24.8 Å². The summed E-state index contributed by atoms with van der Waals surface area (Å²) in [6, 6.07) is 13.0. The second-order valence-corrected chi connectivity index (χ2v) is 7.97. The number of carbonyl (C=O) groups is 4. The Balaban J connectivity index is 1.68. The van der Waals surface area contributed by atoms with Crippen molar-refractivity contribution in [1.29, 1.82) is 0 Å². The predicted molar refractivity (Wildman–Crippen MR) is 114 cm³/mol. The normalized spacial score (nSPS) is 19.3. The topological polar surface area (TPSA) is 147 Å². The molecule has 3 aromatic rings. The Bertz CT molecular complexity index is 1310. The zero-order chi connectivity index (χ0) is 24.1. The number of ether oxygens (including phenoxy) is 2. The van der Waals surface area contributed by atoms with Gasteiger partial charge in [0.15, 0.2) is 11.6 Å². The number of hydrogen-bond acceptors (Lipinski definition) is 9. The quantitative estimate of drug-likeness (QED) is 0.305. The van der Waals surface area contributed by atoms with Crippen LogP contribution < -0.4 is 9.47 Å². The van der Waals surface area contributed by atoms with Gasteiger partial charge in [0.05, 0.1) is 11.1 Å². The standard InChI is InChI=1S/C25H16O9/c26-11-5-7-14-17(9-11)33-24(31)20(22(14)29)19(13-3-1-2-4-16(13)28)21-23(30)15-8-6-12(27)10-18(15)34-25(21)32/h1-10,19-21,26-28H/t20-,21-/m1/s1.